The van der Waals surface area contributed by atoms with Gasteiger partial charge in [0.15, 0.2) is 0 Å². The van der Waals surface area contributed by atoms with E-state index in [-0.39, 0.29) is 24.6 Å². The van der Waals surface area contributed by atoms with Crippen molar-refractivity contribution in [2.75, 3.05) is 32.2 Å². The van der Waals surface area contributed by atoms with Crippen LogP contribution in [-0.4, -0.2) is 49.5 Å². The van der Waals surface area contributed by atoms with Gasteiger partial charge < -0.3 is 20.1 Å². The molecule has 2 N–H and O–H groups in total. The average molecular weight is 418 g/mol. The van der Waals surface area contributed by atoms with Gasteiger partial charge in [-0.3, -0.25) is 0 Å². The van der Waals surface area contributed by atoms with Gasteiger partial charge in [0.25, 0.3) is 0 Å². The summed E-state index contributed by atoms with van der Waals surface area (Å²) in [6.07, 6.45) is 2.50. The van der Waals surface area contributed by atoms with Gasteiger partial charge in [0, 0.05) is 44.4 Å². The number of benzene rings is 2. The van der Waals surface area contributed by atoms with Crippen molar-refractivity contribution in [3.8, 4) is 5.88 Å². The van der Waals surface area contributed by atoms with Crippen LogP contribution in [0.2, 0.25) is 0 Å². The molecule has 0 aliphatic carbocycles. The zero-order valence-electron chi connectivity index (χ0n) is 18.2. The van der Waals surface area contributed by atoms with Crippen LogP contribution < -0.4 is 15.0 Å². The number of aliphatic hydroxyl groups excluding tert-OH is 1. The summed E-state index contributed by atoms with van der Waals surface area (Å²) in [6, 6.07) is 25.7. The highest BCUT2D eigenvalue weighted by molar-refractivity contribution is 5.56. The number of pyridine rings is 1. The van der Waals surface area contributed by atoms with Crippen molar-refractivity contribution in [3.63, 3.8) is 0 Å². The Balaban J connectivity index is 1.78. The van der Waals surface area contributed by atoms with Gasteiger partial charge >= 0.3 is 0 Å². The third-order valence-electron chi connectivity index (χ3n) is 6.41. The Morgan fingerprint density at radius 2 is 1.68 bits per heavy atom. The van der Waals surface area contributed by atoms with E-state index >= 15 is 0 Å². The minimum atomic E-state index is 0.163. The van der Waals surface area contributed by atoms with Crippen LogP contribution in [0.1, 0.15) is 23.5 Å². The number of nitrogens with one attached hydrogen (secondary N) is 1. The highest BCUT2D eigenvalue weighted by atomic mass is 16.5. The molecule has 1 aliphatic heterocycles. The summed E-state index contributed by atoms with van der Waals surface area (Å²) in [7, 11) is 3.77. The molecule has 0 saturated carbocycles. The van der Waals surface area contributed by atoms with Gasteiger partial charge in [0.1, 0.15) is 0 Å². The molecular weight excluding hydrogens is 386 g/mol. The quantitative estimate of drug-likeness (QED) is 0.585. The molecule has 3 aromatic rings. The van der Waals surface area contributed by atoms with Crippen LogP contribution in [0.15, 0.2) is 79.0 Å². The Hall–Kier alpha value is -2.89. The molecule has 5 nitrogen and oxygen atoms in total. The standard InChI is InChI=1S/C26H31N3O2/c1-29(22-14-9-16-27-26(22)31-2)25-21(15-17-30)18-28-24(25)23(19-10-5-3-6-11-19)20-12-7-4-8-13-20/h3-14,16,21,23-25,28,30H,15,17-18H2,1-2H3. The predicted molar refractivity (Wildman–Crippen MR) is 125 cm³/mol. The van der Waals surface area contributed by atoms with Crippen molar-refractivity contribution < 1.29 is 9.84 Å². The lowest BCUT2D eigenvalue weighted by Gasteiger charge is -2.38. The van der Waals surface area contributed by atoms with Crippen molar-refractivity contribution >= 4 is 5.69 Å². The van der Waals surface area contributed by atoms with Crippen LogP contribution >= 0.6 is 0 Å². The number of anilines is 1. The summed E-state index contributed by atoms with van der Waals surface area (Å²) in [5.41, 5.74) is 3.53. The number of nitrogens with zero attached hydrogens (tertiary/aromatic N) is 2. The lowest BCUT2D eigenvalue weighted by molar-refractivity contribution is 0.251. The van der Waals surface area contributed by atoms with Gasteiger partial charge in [-0.05, 0) is 35.6 Å². The first kappa shape index (κ1) is 21.3. The number of aromatic nitrogens is 1. The minimum absolute atomic E-state index is 0.163. The minimum Gasteiger partial charge on any atom is -0.480 e. The lowest BCUT2D eigenvalue weighted by atomic mass is 9.79. The first-order valence-corrected chi connectivity index (χ1v) is 10.9. The van der Waals surface area contributed by atoms with Crippen LogP contribution in [0.4, 0.5) is 5.69 Å². The summed E-state index contributed by atoms with van der Waals surface area (Å²) in [5.74, 6) is 1.11. The van der Waals surface area contributed by atoms with E-state index in [9.17, 15) is 5.11 Å². The predicted octanol–water partition coefficient (Wildman–Crippen LogP) is 3.70. The van der Waals surface area contributed by atoms with E-state index in [0.29, 0.717) is 11.8 Å². The van der Waals surface area contributed by atoms with E-state index in [2.05, 4.69) is 89.0 Å². The smallest absolute Gasteiger partial charge is 0.237 e. The molecule has 3 atom stereocenters. The van der Waals surface area contributed by atoms with E-state index in [1.54, 1.807) is 13.3 Å². The van der Waals surface area contributed by atoms with Crippen molar-refractivity contribution in [1.29, 1.82) is 0 Å². The normalized spacial score (nSPS) is 20.7. The van der Waals surface area contributed by atoms with Gasteiger partial charge in [-0.2, -0.15) is 0 Å². The van der Waals surface area contributed by atoms with Crippen molar-refractivity contribution in [2.45, 2.75) is 24.4 Å². The molecule has 162 valence electrons. The summed E-state index contributed by atoms with van der Waals surface area (Å²) in [4.78, 5) is 6.70. The van der Waals surface area contributed by atoms with E-state index in [0.717, 1.165) is 18.7 Å². The SMILES string of the molecule is COc1ncccc1N(C)C1C(CCO)CNC1C(c1ccccc1)c1ccccc1. The van der Waals surface area contributed by atoms with E-state index in [1.807, 2.05) is 6.07 Å². The van der Waals surface area contributed by atoms with Crippen LogP contribution in [0.25, 0.3) is 0 Å². The molecule has 0 spiro atoms. The van der Waals surface area contributed by atoms with E-state index < -0.39 is 0 Å². The number of hydrogen-bond acceptors (Lipinski definition) is 5. The summed E-state index contributed by atoms with van der Waals surface area (Å²) in [6.45, 7) is 1.04. The number of methoxy groups -OCH3 is 1. The molecule has 3 unspecified atom stereocenters. The topological polar surface area (TPSA) is 57.6 Å². The maximum absolute atomic E-state index is 9.77. The molecule has 1 aliphatic rings. The van der Waals surface area contributed by atoms with Crippen molar-refractivity contribution in [2.24, 2.45) is 5.92 Å². The average Bonchev–Trinajstić information content (AvgIpc) is 3.23. The number of aliphatic hydroxyl groups is 1. The summed E-state index contributed by atoms with van der Waals surface area (Å²) in [5, 5.41) is 13.6. The maximum Gasteiger partial charge on any atom is 0.237 e. The Kier molecular flexibility index (Phi) is 6.85. The molecule has 1 saturated heterocycles. The molecule has 2 heterocycles. The third kappa shape index (κ3) is 4.43. The highest BCUT2D eigenvalue weighted by Gasteiger charge is 2.43. The molecule has 5 heteroatoms. The number of ether oxygens (including phenoxy) is 1. The van der Waals surface area contributed by atoms with E-state index in [1.165, 1.54) is 11.1 Å². The van der Waals surface area contributed by atoms with Gasteiger partial charge in [-0.15, -0.1) is 0 Å². The lowest BCUT2D eigenvalue weighted by Crippen LogP contribution is -2.48. The Morgan fingerprint density at radius 3 is 2.26 bits per heavy atom. The van der Waals surface area contributed by atoms with Crippen LogP contribution in [0.5, 0.6) is 5.88 Å². The Labute approximate surface area is 184 Å². The van der Waals surface area contributed by atoms with Crippen LogP contribution in [0.3, 0.4) is 0 Å². The number of rotatable bonds is 8. The van der Waals surface area contributed by atoms with E-state index in [4.69, 9.17) is 4.74 Å². The largest absolute Gasteiger partial charge is 0.480 e. The number of hydrogen-bond donors (Lipinski definition) is 2. The second-order valence-corrected chi connectivity index (χ2v) is 8.14. The van der Waals surface area contributed by atoms with Crippen molar-refractivity contribution in [3.05, 3.63) is 90.1 Å². The van der Waals surface area contributed by atoms with Gasteiger partial charge in [0.2, 0.25) is 5.88 Å². The molecule has 1 aromatic heterocycles. The third-order valence-corrected chi connectivity index (χ3v) is 6.41. The molecule has 0 bridgehead atoms. The van der Waals surface area contributed by atoms with Crippen LogP contribution in [0, 0.1) is 5.92 Å². The zero-order chi connectivity index (χ0) is 21.6. The first-order chi connectivity index (χ1) is 15.2. The fourth-order valence-electron chi connectivity index (χ4n) is 5.03. The molecule has 2 aromatic carbocycles. The summed E-state index contributed by atoms with van der Waals surface area (Å²) < 4.78 is 5.56. The maximum atomic E-state index is 9.77. The van der Waals surface area contributed by atoms with Gasteiger partial charge in [-0.25, -0.2) is 4.98 Å². The van der Waals surface area contributed by atoms with Gasteiger partial charge in [-0.1, -0.05) is 60.7 Å². The molecule has 31 heavy (non-hydrogen) atoms. The second-order valence-electron chi connectivity index (χ2n) is 8.14. The number of likely N-dealkylation sites (N-methyl/N-ethyl adjacent to an activating group) is 1. The monoisotopic (exact) mass is 417 g/mol. The molecule has 4 rings (SSSR count). The zero-order valence-corrected chi connectivity index (χ0v) is 18.2. The summed E-state index contributed by atoms with van der Waals surface area (Å²) >= 11 is 0. The molecular formula is C26H31N3O2. The molecule has 0 amide bonds. The Bertz CT molecular complexity index is 912. The fourth-order valence-corrected chi connectivity index (χ4v) is 5.03. The van der Waals surface area contributed by atoms with Crippen molar-refractivity contribution in [1.82, 2.24) is 10.3 Å². The van der Waals surface area contributed by atoms with Gasteiger partial charge in [0.05, 0.1) is 12.8 Å². The highest BCUT2D eigenvalue weighted by Crippen LogP contribution is 2.39. The second kappa shape index (κ2) is 9.94. The molecule has 0 radical (unpaired) electrons. The Morgan fingerprint density at radius 1 is 1.03 bits per heavy atom. The molecule has 1 fully saturated rings. The fraction of sp³-hybridized carbons (Fsp3) is 0.346. The van der Waals surface area contributed by atoms with Crippen LogP contribution in [-0.2, 0) is 0 Å². The first-order valence-electron chi connectivity index (χ1n) is 10.9.